The second kappa shape index (κ2) is 6.97. The van der Waals surface area contributed by atoms with Crippen molar-refractivity contribution in [1.29, 1.82) is 0 Å². The fraction of sp³-hybridized carbons (Fsp3) is 0.636. The summed E-state index contributed by atoms with van der Waals surface area (Å²) in [4.78, 5) is 3.93. The zero-order valence-electron chi connectivity index (χ0n) is 9.41. The maximum atomic E-state index is 3.50. The highest BCUT2D eigenvalue weighted by Gasteiger charge is 2.17. The average Bonchev–Trinajstić information content (AvgIpc) is 2.65. The molecule has 2 nitrogen and oxygen atoms in total. The third kappa shape index (κ3) is 4.00. The Morgan fingerprint density at radius 2 is 2.19 bits per heavy atom. The molecule has 0 bridgehead atoms. The van der Waals surface area contributed by atoms with E-state index in [2.05, 4.69) is 44.6 Å². The molecule has 1 aromatic rings. The van der Waals surface area contributed by atoms with Crippen LogP contribution in [0.5, 0.6) is 0 Å². The molecule has 1 fully saturated rings. The van der Waals surface area contributed by atoms with Gasteiger partial charge in [0, 0.05) is 27.3 Å². The highest BCUT2D eigenvalue weighted by Crippen LogP contribution is 2.22. The topological polar surface area (TPSA) is 15.3 Å². The monoisotopic (exact) mass is 324 g/mol. The summed E-state index contributed by atoms with van der Waals surface area (Å²) in [5.41, 5.74) is 0. The molecule has 1 aliphatic heterocycles. The van der Waals surface area contributed by atoms with Crippen molar-refractivity contribution < 1.29 is 0 Å². The van der Waals surface area contributed by atoms with Crippen LogP contribution in [0.3, 0.4) is 0 Å². The summed E-state index contributed by atoms with van der Waals surface area (Å²) in [7, 11) is 2.24. The maximum Gasteiger partial charge on any atom is 0.0328 e. The van der Waals surface area contributed by atoms with Crippen LogP contribution in [0.4, 0.5) is 0 Å². The summed E-state index contributed by atoms with van der Waals surface area (Å²) in [5.74, 6) is 0. The Labute approximate surface area is 116 Å². The van der Waals surface area contributed by atoms with Crippen molar-refractivity contribution in [3.05, 3.63) is 20.8 Å². The molecule has 1 aliphatic rings. The summed E-state index contributed by atoms with van der Waals surface area (Å²) < 4.78 is 1.21. The van der Waals surface area contributed by atoms with Crippen LogP contribution in [0.1, 0.15) is 17.7 Å². The third-order valence-electron chi connectivity index (χ3n) is 2.96. The molecule has 5 heteroatoms. The molecule has 0 unspecified atom stereocenters. The van der Waals surface area contributed by atoms with Crippen molar-refractivity contribution in [1.82, 2.24) is 10.2 Å². The molecule has 16 heavy (non-hydrogen) atoms. The predicted octanol–water partition coefficient (Wildman–Crippen LogP) is 3.12. The molecule has 0 radical (unpaired) electrons. The van der Waals surface area contributed by atoms with Crippen LogP contribution in [0.15, 0.2) is 15.9 Å². The van der Waals surface area contributed by atoms with Gasteiger partial charge in [-0.15, -0.1) is 23.7 Å². The summed E-state index contributed by atoms with van der Waals surface area (Å²) in [5, 5.41) is 5.56. The molecule has 0 spiro atoms. The number of nitrogens with one attached hydrogen (secondary N) is 1. The van der Waals surface area contributed by atoms with E-state index in [0.29, 0.717) is 0 Å². The molecular formula is C11H18BrClN2S. The van der Waals surface area contributed by atoms with Crippen molar-refractivity contribution in [2.45, 2.75) is 25.4 Å². The molecule has 2 heterocycles. The van der Waals surface area contributed by atoms with Gasteiger partial charge in [0.1, 0.15) is 0 Å². The van der Waals surface area contributed by atoms with Crippen LogP contribution in [0.25, 0.3) is 0 Å². The molecule has 0 saturated carbocycles. The second-order valence-corrected chi connectivity index (χ2v) is 6.04. The van der Waals surface area contributed by atoms with Crippen LogP contribution >= 0.6 is 39.7 Å². The van der Waals surface area contributed by atoms with Gasteiger partial charge in [0.25, 0.3) is 0 Å². The van der Waals surface area contributed by atoms with Crippen LogP contribution in [-0.4, -0.2) is 31.1 Å². The van der Waals surface area contributed by atoms with Gasteiger partial charge in [-0.25, -0.2) is 0 Å². The SMILES string of the molecule is CN(Cc1cc(Br)cs1)C1CCNCC1.Cl. The van der Waals surface area contributed by atoms with E-state index in [-0.39, 0.29) is 12.4 Å². The van der Waals surface area contributed by atoms with E-state index in [1.807, 2.05) is 11.3 Å². The molecule has 1 N–H and O–H groups in total. The molecule has 0 aromatic carbocycles. The van der Waals surface area contributed by atoms with E-state index in [0.717, 1.165) is 12.6 Å². The Bertz CT molecular complexity index is 313. The van der Waals surface area contributed by atoms with E-state index in [1.54, 1.807) is 0 Å². The Morgan fingerprint density at radius 1 is 1.50 bits per heavy atom. The zero-order chi connectivity index (χ0) is 10.7. The fourth-order valence-electron chi connectivity index (χ4n) is 2.06. The largest absolute Gasteiger partial charge is 0.317 e. The van der Waals surface area contributed by atoms with Crippen LogP contribution in [0.2, 0.25) is 0 Å². The first-order valence-electron chi connectivity index (χ1n) is 5.39. The lowest BCUT2D eigenvalue weighted by Gasteiger charge is -2.31. The van der Waals surface area contributed by atoms with Crippen molar-refractivity contribution in [2.24, 2.45) is 0 Å². The second-order valence-electron chi connectivity index (χ2n) is 4.13. The van der Waals surface area contributed by atoms with Gasteiger partial charge in [-0.1, -0.05) is 0 Å². The highest BCUT2D eigenvalue weighted by molar-refractivity contribution is 9.10. The molecule has 2 rings (SSSR count). The number of thiophene rings is 1. The first-order valence-corrected chi connectivity index (χ1v) is 7.07. The third-order valence-corrected chi connectivity index (χ3v) is 4.64. The minimum atomic E-state index is 0. The number of hydrogen-bond donors (Lipinski definition) is 1. The molecule has 0 amide bonds. The standard InChI is InChI=1S/C11H17BrN2S.ClH/c1-14(10-2-4-13-5-3-10)7-11-6-9(12)8-15-11;/h6,8,10,13H,2-5,7H2,1H3;1H. The van der Waals surface area contributed by atoms with Gasteiger partial charge in [-0.05, 0) is 55.0 Å². The summed E-state index contributed by atoms with van der Waals surface area (Å²) in [6.45, 7) is 3.42. The Hall–Kier alpha value is 0.390. The minimum absolute atomic E-state index is 0. The highest BCUT2D eigenvalue weighted by atomic mass is 79.9. The lowest BCUT2D eigenvalue weighted by Crippen LogP contribution is -2.40. The van der Waals surface area contributed by atoms with Crippen LogP contribution in [0, 0.1) is 0 Å². The summed E-state index contributed by atoms with van der Waals surface area (Å²) in [6.07, 6.45) is 2.56. The maximum absolute atomic E-state index is 3.50. The Kier molecular flexibility index (Phi) is 6.29. The molecule has 1 aromatic heterocycles. The van der Waals surface area contributed by atoms with Gasteiger partial charge in [0.2, 0.25) is 0 Å². The van der Waals surface area contributed by atoms with Gasteiger partial charge < -0.3 is 5.32 Å². The number of halogens is 2. The van der Waals surface area contributed by atoms with Crippen LogP contribution in [-0.2, 0) is 6.54 Å². The van der Waals surface area contributed by atoms with E-state index in [9.17, 15) is 0 Å². The lowest BCUT2D eigenvalue weighted by atomic mass is 10.1. The van der Waals surface area contributed by atoms with Crippen molar-refractivity contribution in [2.75, 3.05) is 20.1 Å². The normalized spacial score (nSPS) is 17.4. The van der Waals surface area contributed by atoms with E-state index in [4.69, 9.17) is 0 Å². The quantitative estimate of drug-likeness (QED) is 0.918. The lowest BCUT2D eigenvalue weighted by molar-refractivity contribution is 0.193. The van der Waals surface area contributed by atoms with Crippen LogP contribution < -0.4 is 5.32 Å². The summed E-state index contributed by atoms with van der Waals surface area (Å²) >= 11 is 5.34. The number of hydrogen-bond acceptors (Lipinski definition) is 3. The Balaban J connectivity index is 0.00000128. The molecule has 0 atom stereocenters. The number of piperidine rings is 1. The van der Waals surface area contributed by atoms with Gasteiger partial charge >= 0.3 is 0 Å². The van der Waals surface area contributed by atoms with E-state index >= 15 is 0 Å². The number of rotatable bonds is 3. The molecule has 0 aliphatic carbocycles. The molecule has 92 valence electrons. The minimum Gasteiger partial charge on any atom is -0.317 e. The summed E-state index contributed by atoms with van der Waals surface area (Å²) in [6, 6.07) is 2.98. The van der Waals surface area contributed by atoms with Gasteiger partial charge in [-0.3, -0.25) is 4.90 Å². The van der Waals surface area contributed by atoms with Crippen molar-refractivity contribution in [3.8, 4) is 0 Å². The average molecular weight is 326 g/mol. The smallest absolute Gasteiger partial charge is 0.0328 e. The van der Waals surface area contributed by atoms with E-state index in [1.165, 1.54) is 35.3 Å². The zero-order valence-corrected chi connectivity index (χ0v) is 12.6. The van der Waals surface area contributed by atoms with Crippen molar-refractivity contribution >= 4 is 39.7 Å². The van der Waals surface area contributed by atoms with E-state index < -0.39 is 0 Å². The molecule has 1 saturated heterocycles. The molecular weight excluding hydrogens is 308 g/mol. The van der Waals surface area contributed by atoms with Gasteiger partial charge in [0.15, 0.2) is 0 Å². The predicted molar refractivity (Wildman–Crippen MR) is 76.6 cm³/mol. The first kappa shape index (κ1) is 14.5. The van der Waals surface area contributed by atoms with Crippen molar-refractivity contribution in [3.63, 3.8) is 0 Å². The van der Waals surface area contributed by atoms with Gasteiger partial charge in [0.05, 0.1) is 0 Å². The van der Waals surface area contributed by atoms with Gasteiger partial charge in [-0.2, -0.15) is 0 Å². The number of nitrogens with zero attached hydrogens (tertiary/aromatic N) is 1. The Morgan fingerprint density at radius 3 is 2.75 bits per heavy atom. The fourth-order valence-corrected chi connectivity index (χ4v) is 3.57. The first-order chi connectivity index (χ1) is 7.25.